The molecule has 0 saturated carbocycles. The van der Waals surface area contributed by atoms with Crippen molar-refractivity contribution in [3.8, 4) is 5.75 Å². The van der Waals surface area contributed by atoms with Crippen LogP contribution in [0.4, 0.5) is 0 Å². The molecule has 2 amide bonds. The number of hydrogen-bond acceptors (Lipinski definition) is 3. The van der Waals surface area contributed by atoms with Crippen molar-refractivity contribution in [3.05, 3.63) is 100 Å². The molecule has 0 saturated heterocycles. The molecule has 3 aromatic carbocycles. The molecule has 0 aliphatic carbocycles. The molecular formula is C29H33BrN2O3. The van der Waals surface area contributed by atoms with Crippen LogP contribution in [0, 0.1) is 6.92 Å². The average molecular weight is 537 g/mol. The van der Waals surface area contributed by atoms with Gasteiger partial charge in [-0.3, -0.25) is 9.59 Å². The van der Waals surface area contributed by atoms with Crippen LogP contribution in [0.5, 0.6) is 5.75 Å². The first-order valence-electron chi connectivity index (χ1n) is 12.0. The second-order valence-electron chi connectivity index (χ2n) is 8.52. The van der Waals surface area contributed by atoms with Gasteiger partial charge in [-0.15, -0.1) is 0 Å². The van der Waals surface area contributed by atoms with Gasteiger partial charge in [0.15, 0.2) is 0 Å². The number of nitrogens with one attached hydrogen (secondary N) is 1. The van der Waals surface area contributed by atoms with E-state index in [1.165, 1.54) is 5.56 Å². The van der Waals surface area contributed by atoms with Gasteiger partial charge in [0.25, 0.3) is 0 Å². The Hall–Kier alpha value is -3.12. The van der Waals surface area contributed by atoms with Gasteiger partial charge in [0.1, 0.15) is 11.8 Å². The van der Waals surface area contributed by atoms with Gasteiger partial charge in [0.05, 0.1) is 6.61 Å². The molecule has 1 N–H and O–H groups in total. The summed E-state index contributed by atoms with van der Waals surface area (Å²) in [6.07, 6.45) is 1.31. The third-order valence-corrected chi connectivity index (χ3v) is 6.18. The monoisotopic (exact) mass is 536 g/mol. The van der Waals surface area contributed by atoms with Gasteiger partial charge in [-0.2, -0.15) is 0 Å². The molecule has 0 aliphatic rings. The SMILES string of the molecule is CCNC(=O)[C@@H](Cc1ccccc1)N(Cc1cccc(Br)c1)C(=O)CCCOc1ccc(C)cc1. The van der Waals surface area contributed by atoms with Gasteiger partial charge >= 0.3 is 0 Å². The van der Waals surface area contributed by atoms with Crippen molar-refractivity contribution in [3.63, 3.8) is 0 Å². The first-order chi connectivity index (χ1) is 17.0. The Bertz CT molecular complexity index is 1090. The molecule has 0 heterocycles. The highest BCUT2D eigenvalue weighted by Gasteiger charge is 2.29. The number of carbonyl (C=O) groups excluding carboxylic acids is 2. The molecule has 3 rings (SSSR count). The molecule has 0 spiro atoms. The van der Waals surface area contributed by atoms with Crippen LogP contribution in [0.2, 0.25) is 0 Å². The fourth-order valence-corrected chi connectivity index (χ4v) is 4.32. The first kappa shape index (κ1) is 26.5. The smallest absolute Gasteiger partial charge is 0.243 e. The van der Waals surface area contributed by atoms with Crippen molar-refractivity contribution in [1.29, 1.82) is 0 Å². The van der Waals surface area contributed by atoms with Crippen molar-refractivity contribution in [2.45, 2.75) is 45.7 Å². The molecule has 5 nitrogen and oxygen atoms in total. The maximum atomic E-state index is 13.5. The molecule has 184 valence electrons. The van der Waals surface area contributed by atoms with Gasteiger partial charge in [-0.05, 0) is 55.7 Å². The van der Waals surface area contributed by atoms with Crippen LogP contribution in [-0.2, 0) is 22.6 Å². The topological polar surface area (TPSA) is 58.6 Å². The summed E-state index contributed by atoms with van der Waals surface area (Å²) in [4.78, 5) is 28.4. The van der Waals surface area contributed by atoms with E-state index in [1.807, 2.05) is 92.7 Å². The molecule has 0 fully saturated rings. The Balaban J connectivity index is 1.76. The minimum atomic E-state index is -0.609. The Morgan fingerprint density at radius 3 is 2.37 bits per heavy atom. The summed E-state index contributed by atoms with van der Waals surface area (Å²) < 4.78 is 6.75. The molecule has 6 heteroatoms. The van der Waals surface area contributed by atoms with E-state index >= 15 is 0 Å². The van der Waals surface area contributed by atoms with E-state index in [0.717, 1.165) is 21.3 Å². The van der Waals surface area contributed by atoms with Crippen LogP contribution in [0.1, 0.15) is 36.5 Å². The number of halogens is 1. The number of likely N-dealkylation sites (N-methyl/N-ethyl adjacent to an activating group) is 1. The highest BCUT2D eigenvalue weighted by atomic mass is 79.9. The van der Waals surface area contributed by atoms with Crippen LogP contribution < -0.4 is 10.1 Å². The number of hydrogen-bond donors (Lipinski definition) is 1. The largest absolute Gasteiger partial charge is 0.494 e. The van der Waals surface area contributed by atoms with Crippen molar-refractivity contribution in [2.75, 3.05) is 13.2 Å². The Kier molecular flexibility index (Phi) is 10.4. The summed E-state index contributed by atoms with van der Waals surface area (Å²) in [7, 11) is 0. The molecule has 0 aliphatic heterocycles. The van der Waals surface area contributed by atoms with Crippen molar-refractivity contribution >= 4 is 27.7 Å². The van der Waals surface area contributed by atoms with Crippen LogP contribution in [0.25, 0.3) is 0 Å². The molecule has 0 radical (unpaired) electrons. The van der Waals surface area contributed by atoms with Crippen molar-refractivity contribution in [2.24, 2.45) is 0 Å². The maximum absolute atomic E-state index is 13.5. The quantitative estimate of drug-likeness (QED) is 0.302. The van der Waals surface area contributed by atoms with Gasteiger partial charge in [-0.1, -0.05) is 76.1 Å². The third-order valence-electron chi connectivity index (χ3n) is 5.69. The predicted molar refractivity (Wildman–Crippen MR) is 143 cm³/mol. The molecule has 1 atom stereocenters. The third kappa shape index (κ3) is 8.55. The second-order valence-corrected chi connectivity index (χ2v) is 9.43. The summed E-state index contributed by atoms with van der Waals surface area (Å²) in [6.45, 7) is 5.21. The lowest BCUT2D eigenvalue weighted by Crippen LogP contribution is -2.50. The van der Waals surface area contributed by atoms with Gasteiger partial charge in [-0.25, -0.2) is 0 Å². The average Bonchev–Trinajstić information content (AvgIpc) is 2.86. The van der Waals surface area contributed by atoms with Crippen molar-refractivity contribution in [1.82, 2.24) is 10.2 Å². The highest BCUT2D eigenvalue weighted by Crippen LogP contribution is 2.19. The fourth-order valence-electron chi connectivity index (χ4n) is 3.87. The summed E-state index contributed by atoms with van der Waals surface area (Å²) in [5, 5.41) is 2.92. The number of carbonyl (C=O) groups is 2. The second kappa shape index (κ2) is 13.7. The number of aryl methyl sites for hydroxylation is 1. The van der Waals surface area contributed by atoms with E-state index in [9.17, 15) is 9.59 Å². The van der Waals surface area contributed by atoms with Gasteiger partial charge < -0.3 is 15.0 Å². The number of benzene rings is 3. The van der Waals surface area contributed by atoms with E-state index in [4.69, 9.17) is 4.74 Å². The van der Waals surface area contributed by atoms with E-state index < -0.39 is 6.04 Å². The maximum Gasteiger partial charge on any atom is 0.243 e. The summed E-state index contributed by atoms with van der Waals surface area (Å²) >= 11 is 3.51. The van der Waals surface area contributed by atoms with Crippen LogP contribution in [0.15, 0.2) is 83.3 Å². The predicted octanol–water partition coefficient (Wildman–Crippen LogP) is 5.69. The highest BCUT2D eigenvalue weighted by molar-refractivity contribution is 9.10. The van der Waals surface area contributed by atoms with Crippen LogP contribution >= 0.6 is 15.9 Å². The van der Waals surface area contributed by atoms with Crippen LogP contribution in [0.3, 0.4) is 0 Å². The molecule has 0 aromatic heterocycles. The number of nitrogens with zero attached hydrogens (tertiary/aromatic N) is 1. The number of rotatable bonds is 12. The number of amides is 2. The minimum absolute atomic E-state index is 0.0651. The zero-order valence-corrected chi connectivity index (χ0v) is 22.0. The van der Waals surface area contributed by atoms with Crippen molar-refractivity contribution < 1.29 is 14.3 Å². The zero-order chi connectivity index (χ0) is 25.0. The summed E-state index contributed by atoms with van der Waals surface area (Å²) in [5.74, 6) is 0.582. The Morgan fingerprint density at radius 2 is 1.69 bits per heavy atom. The van der Waals surface area contributed by atoms with Gasteiger partial charge in [0, 0.05) is 30.4 Å². The molecule has 0 unspecified atom stereocenters. The fraction of sp³-hybridized carbons (Fsp3) is 0.310. The summed E-state index contributed by atoms with van der Waals surface area (Å²) in [5.41, 5.74) is 3.15. The van der Waals surface area contributed by atoms with E-state index in [0.29, 0.717) is 39.0 Å². The lowest BCUT2D eigenvalue weighted by Gasteiger charge is -2.31. The Morgan fingerprint density at radius 1 is 0.971 bits per heavy atom. The molecule has 0 bridgehead atoms. The lowest BCUT2D eigenvalue weighted by atomic mass is 10.0. The molecular weight excluding hydrogens is 504 g/mol. The summed E-state index contributed by atoms with van der Waals surface area (Å²) in [6, 6.07) is 24.9. The first-order valence-corrected chi connectivity index (χ1v) is 12.8. The lowest BCUT2D eigenvalue weighted by molar-refractivity contribution is -0.141. The van der Waals surface area contributed by atoms with E-state index in [-0.39, 0.29) is 11.8 Å². The van der Waals surface area contributed by atoms with E-state index in [1.54, 1.807) is 4.90 Å². The number of ether oxygens (including phenoxy) is 1. The normalized spacial score (nSPS) is 11.5. The van der Waals surface area contributed by atoms with Crippen LogP contribution in [-0.4, -0.2) is 35.9 Å². The Labute approximate surface area is 216 Å². The van der Waals surface area contributed by atoms with E-state index in [2.05, 4.69) is 21.2 Å². The van der Waals surface area contributed by atoms with Gasteiger partial charge in [0.2, 0.25) is 11.8 Å². The zero-order valence-electron chi connectivity index (χ0n) is 20.4. The standard InChI is InChI=1S/C29H33BrN2O3/c1-3-31-29(34)27(20-23-9-5-4-6-10-23)32(21-24-11-7-12-25(30)19-24)28(33)13-8-18-35-26-16-14-22(2)15-17-26/h4-7,9-12,14-17,19,27H,3,8,13,18,20-21H2,1-2H3,(H,31,34)/t27-/m1/s1. The minimum Gasteiger partial charge on any atom is -0.494 e. The molecule has 35 heavy (non-hydrogen) atoms. The molecule has 3 aromatic rings.